The molecule has 7 atom stereocenters. The van der Waals surface area contributed by atoms with E-state index >= 15 is 0 Å². The summed E-state index contributed by atoms with van der Waals surface area (Å²) in [5.41, 5.74) is 0.517. The third-order valence-electron chi connectivity index (χ3n) is 5.36. The number of rotatable bonds is 0. The standard InChI is InChI=1S/C10H13NO2/c1-11-7-5-2-4(12)3-6-8(11)10(6)9(5,7)13-10/h4-8,12H,2-3H2,1H3/t4?,5?,6?,7?,8?,9-,10+. The van der Waals surface area contributed by atoms with E-state index in [1.165, 1.54) is 0 Å². The molecule has 5 aliphatic rings. The predicted octanol–water partition coefficient (Wildman–Crippen LogP) is -0.409. The smallest absolute Gasteiger partial charge is 0.120 e. The second kappa shape index (κ2) is 1.30. The van der Waals surface area contributed by atoms with E-state index < -0.39 is 0 Å². The van der Waals surface area contributed by atoms with Gasteiger partial charge in [0, 0.05) is 23.9 Å². The molecule has 3 heteroatoms. The number of epoxide rings is 1. The molecule has 0 amide bonds. The van der Waals surface area contributed by atoms with Gasteiger partial charge in [-0.1, -0.05) is 0 Å². The SMILES string of the molecule is CN1C2C3CC(O)CC4C1[C@@]41O[C@]321. The van der Waals surface area contributed by atoms with Gasteiger partial charge in [-0.15, -0.1) is 0 Å². The van der Waals surface area contributed by atoms with Crippen LogP contribution in [0.3, 0.4) is 0 Å². The molecule has 0 bridgehead atoms. The number of nitrogens with zero attached hydrogens (tertiary/aromatic N) is 1. The lowest BCUT2D eigenvalue weighted by Gasteiger charge is -2.19. The maximum Gasteiger partial charge on any atom is 0.120 e. The molecule has 70 valence electrons. The first-order valence-electron chi connectivity index (χ1n) is 5.33. The van der Waals surface area contributed by atoms with E-state index in [2.05, 4.69) is 11.9 Å². The fourth-order valence-electron chi connectivity index (χ4n) is 5.03. The first kappa shape index (κ1) is 6.38. The van der Waals surface area contributed by atoms with Crippen LogP contribution in [0, 0.1) is 11.8 Å². The summed E-state index contributed by atoms with van der Waals surface area (Å²) in [7, 11) is 2.24. The van der Waals surface area contributed by atoms with Crippen molar-refractivity contribution in [3.8, 4) is 0 Å². The van der Waals surface area contributed by atoms with Crippen LogP contribution in [-0.4, -0.2) is 46.4 Å². The van der Waals surface area contributed by atoms with Crippen LogP contribution >= 0.6 is 0 Å². The summed E-state index contributed by atoms with van der Waals surface area (Å²) in [6.07, 6.45) is 1.93. The molecular formula is C10H13NO2. The summed E-state index contributed by atoms with van der Waals surface area (Å²) in [5.74, 6) is 1.33. The summed E-state index contributed by atoms with van der Waals surface area (Å²) in [6.45, 7) is 0. The van der Waals surface area contributed by atoms with Crippen LogP contribution in [0.25, 0.3) is 0 Å². The molecule has 2 aliphatic heterocycles. The Morgan fingerprint density at radius 2 is 1.77 bits per heavy atom. The summed E-state index contributed by atoms with van der Waals surface area (Å²) >= 11 is 0. The molecule has 5 fully saturated rings. The van der Waals surface area contributed by atoms with Crippen molar-refractivity contribution in [1.29, 1.82) is 0 Å². The number of likely N-dealkylation sites (N-methyl/N-ethyl adjacent to an activating group) is 1. The van der Waals surface area contributed by atoms with Crippen molar-refractivity contribution < 1.29 is 9.84 Å². The number of fused-ring (bicyclic) bond motifs is 2. The van der Waals surface area contributed by atoms with Gasteiger partial charge in [-0.2, -0.15) is 0 Å². The topological polar surface area (TPSA) is 36.0 Å². The molecule has 2 saturated heterocycles. The summed E-state index contributed by atoms with van der Waals surface area (Å²) in [5, 5.41) is 9.77. The molecule has 0 aromatic rings. The fourth-order valence-corrected chi connectivity index (χ4v) is 5.03. The lowest BCUT2D eigenvalue weighted by molar-refractivity contribution is 0.119. The molecule has 2 spiro atoms. The summed E-state index contributed by atoms with van der Waals surface area (Å²) in [4.78, 5) is 2.53. The number of aliphatic hydroxyl groups is 1. The van der Waals surface area contributed by atoms with Gasteiger partial charge in [0.1, 0.15) is 11.2 Å². The number of piperidine rings is 2. The highest BCUT2D eigenvalue weighted by molar-refractivity contribution is 5.57. The normalized spacial score (nSPS) is 81.2. The monoisotopic (exact) mass is 179 g/mol. The minimum Gasteiger partial charge on any atom is -0.393 e. The Hall–Kier alpha value is -0.120. The average molecular weight is 179 g/mol. The summed E-state index contributed by atoms with van der Waals surface area (Å²) in [6, 6.07) is 1.34. The van der Waals surface area contributed by atoms with Crippen molar-refractivity contribution in [1.82, 2.24) is 4.90 Å². The fraction of sp³-hybridized carbons (Fsp3) is 1.00. The van der Waals surface area contributed by atoms with E-state index in [4.69, 9.17) is 4.74 Å². The average Bonchev–Trinajstić information content (AvgIpc) is 2.91. The lowest BCUT2D eigenvalue weighted by Crippen LogP contribution is -2.29. The zero-order valence-electron chi connectivity index (χ0n) is 7.60. The maximum absolute atomic E-state index is 9.77. The van der Waals surface area contributed by atoms with Crippen molar-refractivity contribution in [2.45, 2.75) is 42.2 Å². The molecule has 3 nitrogen and oxygen atoms in total. The Kier molecular flexibility index (Phi) is 0.638. The number of hydrogen-bond acceptors (Lipinski definition) is 3. The van der Waals surface area contributed by atoms with E-state index in [0.29, 0.717) is 23.9 Å². The Balaban J connectivity index is 1.72. The molecular weight excluding hydrogens is 166 g/mol. The second-order valence-corrected chi connectivity index (χ2v) is 5.58. The van der Waals surface area contributed by atoms with Crippen molar-refractivity contribution in [3.05, 3.63) is 0 Å². The second-order valence-electron chi connectivity index (χ2n) is 5.58. The number of morpholine rings is 1. The predicted molar refractivity (Wildman–Crippen MR) is 44.1 cm³/mol. The zero-order valence-corrected chi connectivity index (χ0v) is 7.60. The van der Waals surface area contributed by atoms with Gasteiger partial charge in [0.05, 0.1) is 6.10 Å². The van der Waals surface area contributed by atoms with Crippen LogP contribution in [0.15, 0.2) is 0 Å². The van der Waals surface area contributed by atoms with E-state index in [1.54, 1.807) is 0 Å². The highest BCUT2D eigenvalue weighted by Gasteiger charge is 3.06. The van der Waals surface area contributed by atoms with Gasteiger partial charge in [0.2, 0.25) is 0 Å². The molecule has 2 heterocycles. The van der Waals surface area contributed by atoms with Gasteiger partial charge in [-0.25, -0.2) is 0 Å². The van der Waals surface area contributed by atoms with Crippen molar-refractivity contribution in [2.24, 2.45) is 11.8 Å². The summed E-state index contributed by atoms with van der Waals surface area (Å²) < 4.78 is 6.01. The molecule has 5 rings (SSSR count). The Bertz CT molecular complexity index is 316. The third-order valence-corrected chi connectivity index (χ3v) is 5.36. The van der Waals surface area contributed by atoms with Crippen LogP contribution in [0.2, 0.25) is 0 Å². The first-order chi connectivity index (χ1) is 6.23. The number of aliphatic hydroxyl groups excluding tert-OH is 1. The van der Waals surface area contributed by atoms with Crippen LogP contribution in [0.1, 0.15) is 12.8 Å². The van der Waals surface area contributed by atoms with Gasteiger partial charge in [0.15, 0.2) is 0 Å². The van der Waals surface area contributed by atoms with Gasteiger partial charge in [-0.3, -0.25) is 4.90 Å². The third kappa shape index (κ3) is 0.358. The van der Waals surface area contributed by atoms with E-state index in [-0.39, 0.29) is 17.3 Å². The van der Waals surface area contributed by atoms with Gasteiger partial charge in [-0.05, 0) is 19.9 Å². The quantitative estimate of drug-likeness (QED) is 0.514. The minimum atomic E-state index is -0.0381. The van der Waals surface area contributed by atoms with Crippen LogP contribution in [-0.2, 0) is 4.74 Å². The van der Waals surface area contributed by atoms with Crippen LogP contribution in [0.4, 0.5) is 0 Å². The van der Waals surface area contributed by atoms with Crippen molar-refractivity contribution in [2.75, 3.05) is 7.05 Å². The van der Waals surface area contributed by atoms with Crippen LogP contribution in [0.5, 0.6) is 0 Å². The Morgan fingerprint density at radius 3 is 2.31 bits per heavy atom. The lowest BCUT2D eigenvalue weighted by atomic mass is 10.1. The molecule has 5 unspecified atom stereocenters. The first-order valence-corrected chi connectivity index (χ1v) is 5.33. The number of hydrogen-bond donors (Lipinski definition) is 1. The molecule has 13 heavy (non-hydrogen) atoms. The minimum absolute atomic E-state index is 0.0381. The Morgan fingerprint density at radius 1 is 1.23 bits per heavy atom. The maximum atomic E-state index is 9.77. The molecule has 3 aliphatic carbocycles. The van der Waals surface area contributed by atoms with Gasteiger partial charge in [0.25, 0.3) is 0 Å². The van der Waals surface area contributed by atoms with E-state index in [0.717, 1.165) is 12.8 Å². The zero-order chi connectivity index (χ0) is 8.59. The molecule has 0 radical (unpaired) electrons. The largest absolute Gasteiger partial charge is 0.393 e. The van der Waals surface area contributed by atoms with Crippen LogP contribution < -0.4 is 0 Å². The van der Waals surface area contributed by atoms with Gasteiger partial charge >= 0.3 is 0 Å². The molecule has 0 aromatic carbocycles. The van der Waals surface area contributed by atoms with Crippen molar-refractivity contribution in [3.63, 3.8) is 0 Å². The van der Waals surface area contributed by atoms with Crippen molar-refractivity contribution >= 4 is 0 Å². The number of likely N-dealkylation sites (tertiary alicyclic amines) is 1. The van der Waals surface area contributed by atoms with E-state index in [1.807, 2.05) is 0 Å². The molecule has 1 N–H and O–H groups in total. The number of ether oxygens (including phenoxy) is 1. The van der Waals surface area contributed by atoms with Gasteiger partial charge < -0.3 is 9.84 Å². The highest BCUT2D eigenvalue weighted by atomic mass is 16.7. The molecule has 3 saturated carbocycles. The Labute approximate surface area is 76.7 Å². The molecule has 0 aromatic heterocycles. The van der Waals surface area contributed by atoms with E-state index in [9.17, 15) is 5.11 Å². The highest BCUT2D eigenvalue weighted by Crippen LogP contribution is 2.90.